The molecular formula is C24H20BrNO4. The number of halogens is 1. The Morgan fingerprint density at radius 2 is 1.37 bits per heavy atom. The van der Waals surface area contributed by atoms with Gasteiger partial charge in [0.05, 0.1) is 20.3 Å². The van der Waals surface area contributed by atoms with Gasteiger partial charge in [-0.25, -0.2) is 0 Å². The highest BCUT2D eigenvalue weighted by Gasteiger charge is 2.42. The fourth-order valence-electron chi connectivity index (χ4n) is 3.64. The maximum atomic E-state index is 13.2. The summed E-state index contributed by atoms with van der Waals surface area (Å²) < 4.78 is 11.4. The smallest absolute Gasteiger partial charge is 0.294 e. The maximum Gasteiger partial charge on any atom is 0.294 e. The summed E-state index contributed by atoms with van der Waals surface area (Å²) in [5.41, 5.74) is 2.87. The van der Waals surface area contributed by atoms with Crippen LogP contribution in [0.4, 0.5) is 5.69 Å². The minimum absolute atomic E-state index is 0.260. The Morgan fingerprint density at radius 3 is 1.90 bits per heavy atom. The molecule has 1 N–H and O–H groups in total. The third-order valence-electron chi connectivity index (χ3n) is 5.15. The molecule has 0 aliphatic carbocycles. The van der Waals surface area contributed by atoms with E-state index in [1.165, 1.54) is 0 Å². The number of hydrogen-bond donors (Lipinski definition) is 1. The summed E-state index contributed by atoms with van der Waals surface area (Å²) in [5, 5.41) is 10.9. The van der Waals surface area contributed by atoms with Gasteiger partial charge in [0.15, 0.2) is 5.76 Å². The van der Waals surface area contributed by atoms with Crippen molar-refractivity contribution in [1.82, 2.24) is 0 Å². The topological polar surface area (TPSA) is 59.0 Å². The van der Waals surface area contributed by atoms with Gasteiger partial charge in [-0.15, -0.1) is 0 Å². The first-order chi connectivity index (χ1) is 14.5. The lowest BCUT2D eigenvalue weighted by Gasteiger charge is -2.27. The lowest BCUT2D eigenvalue weighted by Crippen LogP contribution is -2.30. The van der Waals surface area contributed by atoms with Crippen LogP contribution >= 0.6 is 15.9 Å². The normalized spacial score (nSPS) is 16.2. The third kappa shape index (κ3) is 3.55. The second kappa shape index (κ2) is 8.24. The second-order valence-corrected chi connectivity index (χ2v) is 7.73. The Hall–Kier alpha value is -3.25. The number of nitrogens with zero attached hydrogens (tertiary/aromatic N) is 1. The van der Waals surface area contributed by atoms with E-state index in [0.29, 0.717) is 22.8 Å². The van der Waals surface area contributed by atoms with Crippen molar-refractivity contribution < 1.29 is 19.4 Å². The number of anilines is 1. The molecule has 0 spiro atoms. The standard InChI is InChI=1S/C24H20BrNO4/c1-29-19-11-5-15(6-12-19)21-22(16-3-7-17(25)8-4-16)26(24(28)23(21)27)18-9-13-20(30-2)14-10-18/h3-14,22,27H,1-2H3/t22-/m1/s1. The van der Waals surface area contributed by atoms with Crippen molar-refractivity contribution in [2.24, 2.45) is 0 Å². The monoisotopic (exact) mass is 465 g/mol. The van der Waals surface area contributed by atoms with Gasteiger partial charge >= 0.3 is 0 Å². The summed E-state index contributed by atoms with van der Waals surface area (Å²) in [6.45, 7) is 0. The first-order valence-electron chi connectivity index (χ1n) is 9.34. The molecular weight excluding hydrogens is 446 g/mol. The van der Waals surface area contributed by atoms with Crippen LogP contribution < -0.4 is 14.4 Å². The second-order valence-electron chi connectivity index (χ2n) is 6.82. The van der Waals surface area contributed by atoms with Gasteiger partial charge < -0.3 is 14.6 Å². The number of methoxy groups -OCH3 is 2. The molecule has 0 aromatic heterocycles. The van der Waals surface area contributed by atoms with E-state index in [1.807, 2.05) is 60.7 Å². The molecule has 0 unspecified atom stereocenters. The number of aliphatic hydroxyl groups is 1. The zero-order valence-corrected chi connectivity index (χ0v) is 18.1. The summed E-state index contributed by atoms with van der Waals surface area (Å²) in [5.74, 6) is 0.691. The van der Waals surface area contributed by atoms with E-state index in [9.17, 15) is 9.90 Å². The minimum atomic E-state index is -0.479. The number of hydrogen-bond acceptors (Lipinski definition) is 4. The third-order valence-corrected chi connectivity index (χ3v) is 5.67. The van der Waals surface area contributed by atoms with Gasteiger partial charge in [-0.05, 0) is 59.7 Å². The van der Waals surface area contributed by atoms with Gasteiger partial charge in [-0.1, -0.05) is 40.2 Å². The first kappa shape index (κ1) is 20.0. The average Bonchev–Trinajstić information content (AvgIpc) is 3.05. The molecule has 5 nitrogen and oxygen atoms in total. The molecule has 0 bridgehead atoms. The van der Waals surface area contributed by atoms with Crippen molar-refractivity contribution in [1.29, 1.82) is 0 Å². The number of benzene rings is 3. The zero-order valence-electron chi connectivity index (χ0n) is 16.5. The fourth-order valence-corrected chi connectivity index (χ4v) is 3.90. The summed E-state index contributed by atoms with van der Waals surface area (Å²) in [6, 6.07) is 21.8. The Bertz CT molecular complexity index is 1090. The average molecular weight is 466 g/mol. The molecule has 1 aliphatic rings. The van der Waals surface area contributed by atoms with Crippen LogP contribution in [-0.4, -0.2) is 25.2 Å². The van der Waals surface area contributed by atoms with Crippen LogP contribution in [0.15, 0.2) is 83.0 Å². The number of carbonyl (C=O) groups is 1. The minimum Gasteiger partial charge on any atom is -0.503 e. The number of rotatable bonds is 5. The van der Waals surface area contributed by atoms with Crippen molar-refractivity contribution in [3.8, 4) is 11.5 Å². The molecule has 0 fully saturated rings. The van der Waals surface area contributed by atoms with Crippen molar-refractivity contribution in [3.63, 3.8) is 0 Å². The number of aliphatic hydroxyl groups excluding tert-OH is 1. The Balaban J connectivity index is 1.85. The van der Waals surface area contributed by atoms with E-state index in [4.69, 9.17) is 9.47 Å². The lowest BCUT2D eigenvalue weighted by atomic mass is 9.93. The van der Waals surface area contributed by atoms with Gasteiger partial charge in [-0.2, -0.15) is 0 Å². The number of carbonyl (C=O) groups excluding carboxylic acids is 1. The van der Waals surface area contributed by atoms with Gasteiger partial charge in [-0.3, -0.25) is 9.69 Å². The van der Waals surface area contributed by atoms with E-state index in [2.05, 4.69) is 15.9 Å². The van der Waals surface area contributed by atoms with Crippen LogP contribution in [0.5, 0.6) is 11.5 Å². The Morgan fingerprint density at radius 1 is 0.833 bits per heavy atom. The predicted octanol–water partition coefficient (Wildman–Crippen LogP) is 5.52. The molecule has 6 heteroatoms. The summed E-state index contributed by atoms with van der Waals surface area (Å²) in [7, 11) is 3.19. The Labute approximate surface area is 183 Å². The van der Waals surface area contributed by atoms with Crippen molar-refractivity contribution >= 4 is 33.1 Å². The fraction of sp³-hybridized carbons (Fsp3) is 0.125. The predicted molar refractivity (Wildman–Crippen MR) is 120 cm³/mol. The number of amides is 1. The summed E-state index contributed by atoms with van der Waals surface area (Å²) in [6.07, 6.45) is 0. The van der Waals surface area contributed by atoms with Gasteiger partial charge in [0, 0.05) is 15.7 Å². The van der Waals surface area contributed by atoms with E-state index >= 15 is 0 Å². The highest BCUT2D eigenvalue weighted by molar-refractivity contribution is 9.10. The molecule has 3 aromatic carbocycles. The highest BCUT2D eigenvalue weighted by Crippen LogP contribution is 2.45. The molecule has 0 radical (unpaired) electrons. The van der Waals surface area contributed by atoms with Gasteiger partial charge in [0.1, 0.15) is 11.5 Å². The molecule has 0 saturated heterocycles. The molecule has 0 saturated carbocycles. The van der Waals surface area contributed by atoms with Crippen LogP contribution in [-0.2, 0) is 4.79 Å². The molecule has 1 amide bonds. The molecule has 152 valence electrons. The number of ether oxygens (including phenoxy) is 2. The maximum absolute atomic E-state index is 13.2. The lowest BCUT2D eigenvalue weighted by molar-refractivity contribution is -0.117. The van der Waals surface area contributed by atoms with Crippen LogP contribution in [0.25, 0.3) is 5.57 Å². The van der Waals surface area contributed by atoms with Gasteiger partial charge in [0.2, 0.25) is 0 Å². The van der Waals surface area contributed by atoms with Crippen molar-refractivity contribution in [3.05, 3.63) is 94.2 Å². The molecule has 1 aliphatic heterocycles. The van der Waals surface area contributed by atoms with Crippen LogP contribution in [0.2, 0.25) is 0 Å². The first-order valence-corrected chi connectivity index (χ1v) is 10.1. The summed E-state index contributed by atoms with van der Waals surface area (Å²) in [4.78, 5) is 14.8. The zero-order chi connectivity index (χ0) is 21.3. The Kier molecular flexibility index (Phi) is 5.50. The van der Waals surface area contributed by atoms with E-state index in [1.54, 1.807) is 31.3 Å². The van der Waals surface area contributed by atoms with E-state index in [-0.39, 0.29) is 5.76 Å². The largest absolute Gasteiger partial charge is 0.503 e. The van der Waals surface area contributed by atoms with Crippen LogP contribution in [0.1, 0.15) is 17.2 Å². The molecule has 1 heterocycles. The van der Waals surface area contributed by atoms with Crippen molar-refractivity contribution in [2.75, 3.05) is 19.1 Å². The van der Waals surface area contributed by atoms with E-state index in [0.717, 1.165) is 15.6 Å². The van der Waals surface area contributed by atoms with E-state index < -0.39 is 11.9 Å². The molecule has 3 aromatic rings. The molecule has 4 rings (SSSR count). The quantitative estimate of drug-likeness (QED) is 0.538. The summed E-state index contributed by atoms with van der Waals surface area (Å²) >= 11 is 3.46. The van der Waals surface area contributed by atoms with Crippen LogP contribution in [0, 0.1) is 0 Å². The molecule has 1 atom stereocenters. The van der Waals surface area contributed by atoms with Crippen LogP contribution in [0.3, 0.4) is 0 Å². The molecule has 30 heavy (non-hydrogen) atoms. The van der Waals surface area contributed by atoms with Gasteiger partial charge in [0.25, 0.3) is 5.91 Å². The van der Waals surface area contributed by atoms with Crippen molar-refractivity contribution in [2.45, 2.75) is 6.04 Å². The SMILES string of the molecule is COc1ccc(C2=C(O)C(=O)N(c3ccc(OC)cc3)[C@@H]2c2ccc(Br)cc2)cc1. The highest BCUT2D eigenvalue weighted by atomic mass is 79.9.